The highest BCUT2D eigenvalue weighted by molar-refractivity contribution is 6.05. The summed E-state index contributed by atoms with van der Waals surface area (Å²) in [5.74, 6) is 0.0934. The predicted octanol–water partition coefficient (Wildman–Crippen LogP) is 4.30. The number of anilines is 1. The molecule has 0 unspecified atom stereocenters. The van der Waals surface area contributed by atoms with Gasteiger partial charge in [-0.05, 0) is 42.3 Å². The summed E-state index contributed by atoms with van der Waals surface area (Å²) in [6, 6.07) is 18.4. The van der Waals surface area contributed by atoms with Crippen molar-refractivity contribution in [2.45, 2.75) is 6.92 Å². The average molecular weight is 356 g/mol. The molecule has 27 heavy (non-hydrogen) atoms. The van der Waals surface area contributed by atoms with E-state index in [1.54, 1.807) is 31.2 Å². The molecule has 0 atom stereocenters. The monoisotopic (exact) mass is 356 g/mol. The van der Waals surface area contributed by atoms with E-state index in [0.29, 0.717) is 27.9 Å². The van der Waals surface area contributed by atoms with Crippen LogP contribution in [0.25, 0.3) is 27.9 Å². The molecule has 0 aliphatic rings. The lowest BCUT2D eigenvalue weighted by atomic mass is 10.1. The molecule has 0 aliphatic heterocycles. The number of carbonyl (C=O) groups is 1. The van der Waals surface area contributed by atoms with Gasteiger partial charge in [-0.3, -0.25) is 4.79 Å². The molecule has 0 saturated heterocycles. The van der Waals surface area contributed by atoms with Crippen LogP contribution in [0.3, 0.4) is 0 Å². The fraction of sp³-hybridized carbons (Fsp3) is 0.0455. The summed E-state index contributed by atoms with van der Waals surface area (Å²) >= 11 is 0. The van der Waals surface area contributed by atoms with Gasteiger partial charge in [0, 0.05) is 11.5 Å². The van der Waals surface area contributed by atoms with Crippen molar-refractivity contribution in [1.82, 2.24) is 4.98 Å². The minimum atomic E-state index is -0.435. The van der Waals surface area contributed by atoms with Gasteiger partial charge in [0.2, 0.25) is 5.91 Å². The second-order valence-electron chi connectivity index (χ2n) is 6.17. The minimum absolute atomic E-state index is 0.294. The molecule has 5 heteroatoms. The van der Waals surface area contributed by atoms with Crippen LogP contribution >= 0.6 is 0 Å². The Labute approximate surface area is 155 Å². The smallest absolute Gasteiger partial charge is 0.346 e. The molecule has 0 aliphatic carbocycles. The molecule has 1 N–H and O–H groups in total. The second-order valence-corrected chi connectivity index (χ2v) is 6.17. The molecule has 1 amide bonds. The molecule has 2 aromatic heterocycles. The Morgan fingerprint density at radius 1 is 1.07 bits per heavy atom. The van der Waals surface area contributed by atoms with Crippen LogP contribution in [-0.2, 0) is 4.79 Å². The highest BCUT2D eigenvalue weighted by atomic mass is 16.4. The van der Waals surface area contributed by atoms with Crippen LogP contribution in [0.15, 0.2) is 76.0 Å². The molecule has 0 radical (unpaired) electrons. The quantitative estimate of drug-likeness (QED) is 0.337. The standard InChI is InChI=1S/C22H16N2O3/c1-14-13-18(23-19(25)12-11-15-7-3-2-4-8-15)24-21-16-9-5-6-10-17(16)27-22(26)20(14)21/h2-13H,1H3,(H,23,24,25)/b12-11+. The number of pyridine rings is 1. The molecule has 4 rings (SSSR count). The Bertz CT molecular complexity index is 1240. The Morgan fingerprint density at radius 2 is 1.81 bits per heavy atom. The van der Waals surface area contributed by atoms with Crippen LogP contribution in [0.4, 0.5) is 5.82 Å². The molecule has 0 fully saturated rings. The van der Waals surface area contributed by atoms with Crippen molar-refractivity contribution in [2.24, 2.45) is 0 Å². The van der Waals surface area contributed by atoms with Crippen molar-refractivity contribution >= 4 is 39.7 Å². The van der Waals surface area contributed by atoms with Crippen LogP contribution in [0.2, 0.25) is 0 Å². The van der Waals surface area contributed by atoms with Crippen LogP contribution < -0.4 is 10.9 Å². The maximum absolute atomic E-state index is 12.3. The summed E-state index contributed by atoms with van der Waals surface area (Å²) in [6.07, 6.45) is 3.18. The van der Waals surface area contributed by atoms with E-state index >= 15 is 0 Å². The van der Waals surface area contributed by atoms with E-state index in [2.05, 4.69) is 10.3 Å². The molecule has 132 valence electrons. The van der Waals surface area contributed by atoms with E-state index in [0.717, 1.165) is 10.9 Å². The molecule has 4 aromatic rings. The topological polar surface area (TPSA) is 72.2 Å². The normalized spacial score (nSPS) is 11.3. The van der Waals surface area contributed by atoms with Gasteiger partial charge in [-0.15, -0.1) is 0 Å². The number of amides is 1. The summed E-state index contributed by atoms with van der Waals surface area (Å²) in [6.45, 7) is 1.80. The number of hydrogen-bond acceptors (Lipinski definition) is 4. The van der Waals surface area contributed by atoms with E-state index in [-0.39, 0.29) is 5.91 Å². The first-order valence-electron chi connectivity index (χ1n) is 8.49. The molecule has 0 saturated carbocycles. The first-order valence-corrected chi connectivity index (χ1v) is 8.49. The van der Waals surface area contributed by atoms with Gasteiger partial charge in [-0.1, -0.05) is 42.5 Å². The summed E-state index contributed by atoms with van der Waals surface area (Å²) in [5.41, 5.74) is 2.18. The zero-order chi connectivity index (χ0) is 18.8. The van der Waals surface area contributed by atoms with E-state index in [9.17, 15) is 9.59 Å². The Balaban J connectivity index is 1.72. The number of benzene rings is 2. The van der Waals surface area contributed by atoms with Crippen LogP contribution in [0, 0.1) is 6.92 Å². The van der Waals surface area contributed by atoms with Crippen molar-refractivity contribution in [3.8, 4) is 0 Å². The number of rotatable bonds is 3. The second kappa shape index (κ2) is 6.88. The van der Waals surface area contributed by atoms with Crippen molar-refractivity contribution in [2.75, 3.05) is 5.32 Å². The molecular formula is C22H16N2O3. The van der Waals surface area contributed by atoms with E-state index < -0.39 is 5.63 Å². The van der Waals surface area contributed by atoms with Crippen LogP contribution in [-0.4, -0.2) is 10.9 Å². The summed E-state index contributed by atoms with van der Waals surface area (Å²) in [4.78, 5) is 29.0. The summed E-state index contributed by atoms with van der Waals surface area (Å²) < 4.78 is 5.37. The number of carbonyl (C=O) groups excluding carboxylic acids is 1. The lowest BCUT2D eigenvalue weighted by Crippen LogP contribution is -2.11. The molecule has 5 nitrogen and oxygen atoms in total. The van der Waals surface area contributed by atoms with E-state index in [4.69, 9.17) is 4.42 Å². The maximum atomic E-state index is 12.3. The summed E-state index contributed by atoms with van der Waals surface area (Å²) in [7, 11) is 0. The summed E-state index contributed by atoms with van der Waals surface area (Å²) in [5, 5.41) is 3.91. The van der Waals surface area contributed by atoms with Gasteiger partial charge < -0.3 is 9.73 Å². The number of fused-ring (bicyclic) bond motifs is 3. The van der Waals surface area contributed by atoms with Crippen molar-refractivity contribution in [3.05, 3.63) is 88.3 Å². The van der Waals surface area contributed by atoms with Gasteiger partial charge in [0.1, 0.15) is 11.4 Å². The van der Waals surface area contributed by atoms with Crippen LogP contribution in [0.5, 0.6) is 0 Å². The van der Waals surface area contributed by atoms with Gasteiger partial charge >= 0.3 is 5.63 Å². The van der Waals surface area contributed by atoms with Crippen molar-refractivity contribution in [1.29, 1.82) is 0 Å². The zero-order valence-corrected chi connectivity index (χ0v) is 14.6. The van der Waals surface area contributed by atoms with Gasteiger partial charge in [0.25, 0.3) is 0 Å². The first-order chi connectivity index (χ1) is 13.1. The average Bonchev–Trinajstić information content (AvgIpc) is 2.67. The molecule has 0 spiro atoms. The molecule has 2 aromatic carbocycles. The number of aromatic nitrogens is 1. The third-order valence-corrected chi connectivity index (χ3v) is 4.24. The largest absolute Gasteiger partial charge is 0.422 e. The third kappa shape index (κ3) is 3.35. The number of hydrogen-bond donors (Lipinski definition) is 1. The van der Waals surface area contributed by atoms with Gasteiger partial charge in [-0.25, -0.2) is 9.78 Å². The van der Waals surface area contributed by atoms with Gasteiger partial charge in [0.15, 0.2) is 0 Å². The minimum Gasteiger partial charge on any atom is -0.422 e. The molecule has 2 heterocycles. The highest BCUT2D eigenvalue weighted by Gasteiger charge is 2.13. The fourth-order valence-corrected chi connectivity index (χ4v) is 3.00. The third-order valence-electron chi connectivity index (χ3n) is 4.24. The highest BCUT2D eigenvalue weighted by Crippen LogP contribution is 2.25. The van der Waals surface area contributed by atoms with Crippen LogP contribution in [0.1, 0.15) is 11.1 Å². The van der Waals surface area contributed by atoms with Gasteiger partial charge in [0.05, 0.1) is 10.9 Å². The number of aryl methyl sites for hydroxylation is 1. The lowest BCUT2D eigenvalue weighted by Gasteiger charge is -2.08. The zero-order valence-electron chi connectivity index (χ0n) is 14.6. The number of para-hydroxylation sites is 1. The first kappa shape index (κ1) is 16.7. The predicted molar refractivity (Wildman–Crippen MR) is 107 cm³/mol. The number of nitrogens with zero attached hydrogens (tertiary/aromatic N) is 1. The van der Waals surface area contributed by atoms with E-state index in [1.807, 2.05) is 42.5 Å². The van der Waals surface area contributed by atoms with Crippen molar-refractivity contribution in [3.63, 3.8) is 0 Å². The molecule has 0 bridgehead atoms. The fourth-order valence-electron chi connectivity index (χ4n) is 3.00. The maximum Gasteiger partial charge on any atom is 0.346 e. The number of nitrogens with one attached hydrogen (secondary N) is 1. The Morgan fingerprint density at radius 3 is 2.63 bits per heavy atom. The Kier molecular flexibility index (Phi) is 4.26. The SMILES string of the molecule is Cc1cc(NC(=O)/C=C/c2ccccc2)nc2c1c(=O)oc1ccccc12. The molecular weight excluding hydrogens is 340 g/mol. The lowest BCUT2D eigenvalue weighted by molar-refractivity contribution is -0.111. The van der Waals surface area contributed by atoms with E-state index in [1.165, 1.54) is 6.08 Å². The van der Waals surface area contributed by atoms with Crippen molar-refractivity contribution < 1.29 is 9.21 Å². The van der Waals surface area contributed by atoms with Gasteiger partial charge in [-0.2, -0.15) is 0 Å². The Hall–Kier alpha value is -3.73.